The fourth-order valence-corrected chi connectivity index (χ4v) is 1.95. The van der Waals surface area contributed by atoms with Gasteiger partial charge in [-0.25, -0.2) is 14.4 Å². The molecule has 0 saturated heterocycles. The molecule has 2 N–H and O–H groups in total. The molecule has 0 aliphatic rings. The highest BCUT2D eigenvalue weighted by atomic mass is 35.6. The molecule has 1 aromatic rings. The number of esters is 1. The van der Waals surface area contributed by atoms with E-state index in [9.17, 15) is 19.2 Å². The number of benzene rings is 1. The molecule has 1 atom stereocenters. The average Bonchev–Trinajstić information content (AvgIpc) is 2.61. The predicted octanol–water partition coefficient (Wildman–Crippen LogP) is 3.25. The lowest BCUT2D eigenvalue weighted by Crippen LogP contribution is -2.48. The fraction of sp³-hybridized carbons (Fsp3) is 0.444. The van der Waals surface area contributed by atoms with Gasteiger partial charge in [0.05, 0.1) is 0 Å². The second-order valence-corrected chi connectivity index (χ2v) is 9.12. The van der Waals surface area contributed by atoms with Gasteiger partial charge in [-0.2, -0.15) is 0 Å². The second-order valence-electron chi connectivity index (χ2n) is 6.84. The number of alkyl halides is 3. The summed E-state index contributed by atoms with van der Waals surface area (Å²) in [5.41, 5.74) is -0.133. The predicted molar refractivity (Wildman–Crippen MR) is 109 cm³/mol. The van der Waals surface area contributed by atoms with Crippen LogP contribution in [0.5, 0.6) is 0 Å². The maximum absolute atomic E-state index is 12.4. The number of hydrogen-bond donors (Lipinski definition) is 2. The van der Waals surface area contributed by atoms with Gasteiger partial charge in [-0.15, -0.1) is 0 Å². The number of alkyl carbamates (subject to hydrolysis) is 2. The third kappa shape index (κ3) is 10.5. The minimum atomic E-state index is -2.39. The number of amides is 3. The molecule has 0 radical (unpaired) electrons. The first-order valence-corrected chi connectivity index (χ1v) is 9.66. The normalized spacial score (nSPS) is 12.3. The van der Waals surface area contributed by atoms with Crippen molar-refractivity contribution >= 4 is 58.9 Å². The van der Waals surface area contributed by atoms with Crippen LogP contribution in [0.2, 0.25) is 0 Å². The minimum absolute atomic E-state index is 0.0792. The lowest BCUT2D eigenvalue weighted by molar-refractivity contribution is -0.148. The van der Waals surface area contributed by atoms with E-state index in [0.717, 1.165) is 0 Å². The zero-order valence-corrected chi connectivity index (χ0v) is 18.6. The van der Waals surface area contributed by atoms with Crippen molar-refractivity contribution in [3.8, 4) is 0 Å². The van der Waals surface area contributed by atoms with E-state index < -0.39 is 46.1 Å². The number of rotatable bonds is 6. The number of halogens is 3. The molecule has 0 spiro atoms. The number of carbonyl (C=O) groups excluding carboxylic acids is 4. The molecule has 12 heteroatoms. The number of hydrogen-bond acceptors (Lipinski definition) is 7. The summed E-state index contributed by atoms with van der Waals surface area (Å²) in [7, 11) is 0. The average molecular weight is 484 g/mol. The third-order valence-electron chi connectivity index (χ3n) is 3.05. The van der Waals surface area contributed by atoms with Crippen LogP contribution in [0.4, 0.5) is 9.59 Å². The van der Waals surface area contributed by atoms with Crippen molar-refractivity contribution in [2.45, 2.75) is 42.8 Å². The highest BCUT2D eigenvalue weighted by molar-refractivity contribution is 6.76. The zero-order valence-electron chi connectivity index (χ0n) is 16.4. The molecule has 0 fully saturated rings. The Morgan fingerprint density at radius 2 is 1.57 bits per heavy atom. The molecule has 0 saturated carbocycles. The molecule has 9 nitrogen and oxygen atoms in total. The molecular formula is C18H21Cl3N2O7. The molecule has 0 heterocycles. The van der Waals surface area contributed by atoms with Crippen molar-refractivity contribution < 1.29 is 33.4 Å². The van der Waals surface area contributed by atoms with Crippen LogP contribution in [0.3, 0.4) is 0 Å². The summed E-state index contributed by atoms with van der Waals surface area (Å²) in [5.74, 6) is -2.15. The van der Waals surface area contributed by atoms with Crippen molar-refractivity contribution in [1.29, 1.82) is 0 Å². The summed E-state index contributed by atoms with van der Waals surface area (Å²) < 4.78 is 12.6. The van der Waals surface area contributed by atoms with Crippen LogP contribution in [0.1, 0.15) is 26.3 Å². The van der Waals surface area contributed by atoms with E-state index in [1.54, 1.807) is 56.4 Å². The van der Waals surface area contributed by atoms with Crippen LogP contribution in [0, 0.1) is 0 Å². The van der Waals surface area contributed by atoms with E-state index in [-0.39, 0.29) is 6.61 Å². The molecule has 1 rings (SSSR count). The van der Waals surface area contributed by atoms with Crippen molar-refractivity contribution in [2.75, 3.05) is 6.61 Å². The van der Waals surface area contributed by atoms with Gasteiger partial charge in [-0.05, 0) is 26.3 Å². The quantitative estimate of drug-likeness (QED) is 0.362. The molecule has 166 valence electrons. The Labute approximate surface area is 188 Å². The van der Waals surface area contributed by atoms with Crippen molar-refractivity contribution in [2.24, 2.45) is 0 Å². The smallest absolute Gasteiger partial charge is 0.414 e. The highest BCUT2D eigenvalue weighted by Gasteiger charge is 2.33. The molecule has 0 bridgehead atoms. The van der Waals surface area contributed by atoms with Gasteiger partial charge < -0.3 is 19.5 Å². The van der Waals surface area contributed by atoms with Crippen LogP contribution in [0.25, 0.3) is 0 Å². The highest BCUT2D eigenvalue weighted by Crippen LogP contribution is 2.25. The third-order valence-corrected chi connectivity index (χ3v) is 3.57. The summed E-state index contributed by atoms with van der Waals surface area (Å²) in [6, 6.07) is 7.36. The fourth-order valence-electron chi connectivity index (χ4n) is 1.81. The lowest BCUT2D eigenvalue weighted by atomic mass is 10.2. The molecule has 30 heavy (non-hydrogen) atoms. The van der Waals surface area contributed by atoms with Gasteiger partial charge in [-0.1, -0.05) is 65.1 Å². The van der Waals surface area contributed by atoms with Crippen LogP contribution in [-0.4, -0.2) is 46.1 Å². The molecule has 0 aliphatic heterocycles. The molecule has 3 amide bonds. The minimum Gasteiger partial charge on any atom is -0.459 e. The zero-order chi connectivity index (χ0) is 22.9. The van der Waals surface area contributed by atoms with Gasteiger partial charge in [0.25, 0.3) is 9.70 Å². The van der Waals surface area contributed by atoms with Gasteiger partial charge in [0, 0.05) is 0 Å². The Balaban J connectivity index is 2.73. The maximum atomic E-state index is 12.4. The number of ether oxygens (including phenoxy) is 3. The van der Waals surface area contributed by atoms with Gasteiger partial charge in [0.15, 0.2) is 6.04 Å². The SMILES string of the molecule is CC(C)(C)OC(=O)N[C@@H](COC(=O)NC(=O)C(Cl)(Cl)Cl)C(=O)OCc1ccccc1. The standard InChI is InChI=1S/C18H21Cl3N2O7/c1-17(2,3)30-16(27)22-12(10-29-15(26)23-14(25)18(19,20)21)13(24)28-9-11-7-5-4-6-8-11/h4-8,12H,9-10H2,1-3H3,(H,22,27)(H,23,25,26)/t12-/m0/s1. The Morgan fingerprint density at radius 3 is 2.10 bits per heavy atom. The van der Waals surface area contributed by atoms with Gasteiger partial charge >= 0.3 is 18.2 Å². The lowest BCUT2D eigenvalue weighted by Gasteiger charge is -2.23. The van der Waals surface area contributed by atoms with Crippen LogP contribution >= 0.6 is 34.8 Å². The van der Waals surface area contributed by atoms with Crippen molar-refractivity contribution in [3.63, 3.8) is 0 Å². The Morgan fingerprint density at radius 1 is 0.967 bits per heavy atom. The molecular weight excluding hydrogens is 463 g/mol. The number of imide groups is 1. The molecule has 1 aromatic carbocycles. The topological polar surface area (TPSA) is 120 Å². The monoisotopic (exact) mass is 482 g/mol. The molecule has 0 aliphatic carbocycles. The first-order valence-electron chi connectivity index (χ1n) is 8.53. The number of nitrogens with one attached hydrogen (secondary N) is 2. The second kappa shape index (κ2) is 11.2. The summed E-state index contributed by atoms with van der Waals surface area (Å²) in [4.78, 5) is 47.5. The van der Waals surface area contributed by atoms with Gasteiger partial charge in [0.1, 0.15) is 18.8 Å². The first-order chi connectivity index (χ1) is 13.8. The summed E-state index contributed by atoms with van der Waals surface area (Å²) in [5, 5.41) is 3.92. The summed E-state index contributed by atoms with van der Waals surface area (Å²) in [6.07, 6.45) is -2.23. The van der Waals surface area contributed by atoms with Crippen molar-refractivity contribution in [1.82, 2.24) is 10.6 Å². The van der Waals surface area contributed by atoms with Crippen molar-refractivity contribution in [3.05, 3.63) is 35.9 Å². The largest absolute Gasteiger partial charge is 0.459 e. The summed E-state index contributed by atoms with van der Waals surface area (Å²) in [6.45, 7) is 4.13. The Hall–Kier alpha value is -2.23. The van der Waals surface area contributed by atoms with E-state index in [4.69, 9.17) is 49.0 Å². The van der Waals surface area contributed by atoms with E-state index >= 15 is 0 Å². The van der Waals surface area contributed by atoms with Gasteiger partial charge in [0.2, 0.25) is 0 Å². The van der Waals surface area contributed by atoms with Crippen LogP contribution in [-0.2, 0) is 30.4 Å². The molecule has 0 unspecified atom stereocenters. The Kier molecular flexibility index (Phi) is 9.67. The van der Waals surface area contributed by atoms with Crippen LogP contribution in [0.15, 0.2) is 30.3 Å². The van der Waals surface area contributed by atoms with Gasteiger partial charge in [-0.3, -0.25) is 10.1 Å². The maximum Gasteiger partial charge on any atom is 0.414 e. The van der Waals surface area contributed by atoms with E-state index in [1.165, 1.54) is 0 Å². The number of carbonyl (C=O) groups is 4. The van der Waals surface area contributed by atoms with E-state index in [0.29, 0.717) is 5.56 Å². The molecule has 0 aromatic heterocycles. The first kappa shape index (κ1) is 25.8. The summed E-state index contributed by atoms with van der Waals surface area (Å²) >= 11 is 16.0. The van der Waals surface area contributed by atoms with E-state index in [2.05, 4.69) is 5.32 Å². The van der Waals surface area contributed by atoms with E-state index in [1.807, 2.05) is 0 Å². The van der Waals surface area contributed by atoms with Crippen LogP contribution < -0.4 is 10.6 Å². The Bertz CT molecular complexity index is 761.